The molecule has 32 heavy (non-hydrogen) atoms. The van der Waals surface area contributed by atoms with E-state index in [1.165, 1.54) is 38.1 Å². The molecule has 2 nitrogen and oxygen atoms in total. The fourth-order valence-corrected chi connectivity index (χ4v) is 3.22. The van der Waals surface area contributed by atoms with Crippen molar-refractivity contribution in [1.82, 2.24) is 0 Å². The van der Waals surface area contributed by atoms with Gasteiger partial charge in [-0.25, -0.2) is 0 Å². The normalized spacial score (nSPS) is 12.6. The van der Waals surface area contributed by atoms with Gasteiger partial charge in [0, 0.05) is 0 Å². The van der Waals surface area contributed by atoms with Crippen LogP contribution in [-0.4, -0.2) is 11.1 Å². The van der Waals surface area contributed by atoms with E-state index in [1.54, 1.807) is 18.2 Å². The molecule has 0 amide bonds. The molecule has 3 rings (SSSR count). The average molecular weight is 452 g/mol. The van der Waals surface area contributed by atoms with Gasteiger partial charge in [-0.2, -0.15) is 26.3 Å². The number of carbonyl (C=O) groups is 1. The summed E-state index contributed by atoms with van der Waals surface area (Å²) in [5, 5.41) is 9.54. The van der Waals surface area contributed by atoms with E-state index in [0.29, 0.717) is 27.8 Å². The minimum absolute atomic E-state index is 0.371. The van der Waals surface area contributed by atoms with E-state index in [2.05, 4.69) is 0 Å². The van der Waals surface area contributed by atoms with Crippen LogP contribution in [0.25, 0.3) is 22.3 Å². The standard InChI is InChI=1S/C24H18F6O2/c1-22(2,21(31)32)18-11-12-19(14-3-7-16(8-4-14)23(25,26)27)20(13-18)15-5-9-17(10-6-15)24(28,29)30/h3-13H,1-2H3,(H,31,32). The first-order valence-corrected chi connectivity index (χ1v) is 9.44. The molecular weight excluding hydrogens is 434 g/mol. The molecule has 3 aromatic carbocycles. The van der Waals surface area contributed by atoms with Gasteiger partial charge < -0.3 is 5.11 Å². The lowest BCUT2D eigenvalue weighted by Gasteiger charge is -2.22. The molecule has 8 heteroatoms. The lowest BCUT2D eigenvalue weighted by molar-refractivity contribution is -0.142. The highest BCUT2D eigenvalue weighted by molar-refractivity contribution is 5.87. The summed E-state index contributed by atoms with van der Waals surface area (Å²) in [4.78, 5) is 11.7. The Morgan fingerprint density at radius 3 is 1.38 bits per heavy atom. The van der Waals surface area contributed by atoms with Gasteiger partial charge in [0.2, 0.25) is 0 Å². The van der Waals surface area contributed by atoms with Crippen LogP contribution in [0.3, 0.4) is 0 Å². The highest BCUT2D eigenvalue weighted by Crippen LogP contribution is 2.39. The predicted molar refractivity (Wildman–Crippen MR) is 108 cm³/mol. The summed E-state index contributed by atoms with van der Waals surface area (Å²) in [6, 6.07) is 13.4. The van der Waals surface area contributed by atoms with Gasteiger partial charge in [-0.05, 0) is 72.0 Å². The number of halogens is 6. The van der Waals surface area contributed by atoms with Crippen LogP contribution in [0.15, 0.2) is 66.7 Å². The number of hydrogen-bond acceptors (Lipinski definition) is 1. The minimum atomic E-state index is -4.53. The van der Waals surface area contributed by atoms with E-state index in [1.807, 2.05) is 0 Å². The molecule has 1 N–H and O–H groups in total. The number of alkyl halides is 6. The SMILES string of the molecule is CC(C)(C(=O)O)c1ccc(-c2ccc(C(F)(F)F)cc2)c(-c2ccc(C(F)(F)F)cc2)c1. The third-order valence-corrected chi connectivity index (χ3v) is 5.32. The van der Waals surface area contributed by atoms with Gasteiger partial charge in [0.25, 0.3) is 0 Å². The molecule has 0 aromatic heterocycles. The Bertz CT molecular complexity index is 1130. The summed E-state index contributed by atoms with van der Waals surface area (Å²) in [7, 11) is 0. The monoisotopic (exact) mass is 452 g/mol. The van der Waals surface area contributed by atoms with Crippen molar-refractivity contribution in [3.63, 3.8) is 0 Å². The highest BCUT2D eigenvalue weighted by atomic mass is 19.4. The Morgan fingerprint density at radius 2 is 1.00 bits per heavy atom. The maximum absolute atomic E-state index is 13.0. The molecule has 0 saturated carbocycles. The van der Waals surface area contributed by atoms with E-state index in [4.69, 9.17) is 0 Å². The van der Waals surface area contributed by atoms with Crippen LogP contribution >= 0.6 is 0 Å². The van der Waals surface area contributed by atoms with Crippen LogP contribution in [0.1, 0.15) is 30.5 Å². The summed E-state index contributed by atoms with van der Waals surface area (Å²) >= 11 is 0. The van der Waals surface area contributed by atoms with Gasteiger partial charge >= 0.3 is 18.3 Å². The van der Waals surface area contributed by atoms with Crippen LogP contribution in [-0.2, 0) is 22.6 Å². The van der Waals surface area contributed by atoms with Gasteiger partial charge in [0.05, 0.1) is 16.5 Å². The molecule has 0 aliphatic rings. The zero-order valence-electron chi connectivity index (χ0n) is 17.0. The van der Waals surface area contributed by atoms with E-state index < -0.39 is 34.9 Å². The average Bonchev–Trinajstić information content (AvgIpc) is 2.72. The molecule has 0 aliphatic heterocycles. The number of hydrogen-bond donors (Lipinski definition) is 1. The second-order valence-electron chi connectivity index (χ2n) is 7.84. The lowest BCUT2D eigenvalue weighted by Crippen LogP contribution is -2.28. The third-order valence-electron chi connectivity index (χ3n) is 5.32. The van der Waals surface area contributed by atoms with Crippen LogP contribution in [0.5, 0.6) is 0 Å². The topological polar surface area (TPSA) is 37.3 Å². The Kier molecular flexibility index (Phi) is 5.84. The summed E-state index contributed by atoms with van der Waals surface area (Å²) in [5.41, 5.74) is -0.924. The molecule has 3 aromatic rings. The van der Waals surface area contributed by atoms with Crippen molar-refractivity contribution >= 4 is 5.97 Å². The van der Waals surface area contributed by atoms with Crippen molar-refractivity contribution in [2.45, 2.75) is 31.6 Å². The molecule has 0 atom stereocenters. The number of aliphatic carboxylic acids is 1. The Morgan fingerprint density at radius 1 is 0.625 bits per heavy atom. The molecule has 0 heterocycles. The van der Waals surface area contributed by atoms with Crippen molar-refractivity contribution in [3.8, 4) is 22.3 Å². The van der Waals surface area contributed by atoms with Crippen molar-refractivity contribution in [2.75, 3.05) is 0 Å². The van der Waals surface area contributed by atoms with Crippen molar-refractivity contribution in [1.29, 1.82) is 0 Å². The first-order valence-electron chi connectivity index (χ1n) is 9.44. The van der Waals surface area contributed by atoms with Crippen molar-refractivity contribution < 1.29 is 36.2 Å². The number of carboxylic acid groups (broad SMARTS) is 1. The summed E-state index contributed by atoms with van der Waals surface area (Å²) in [6.07, 6.45) is -9.04. The zero-order chi connectivity index (χ0) is 23.9. The fourth-order valence-electron chi connectivity index (χ4n) is 3.22. The predicted octanol–water partition coefficient (Wildman–Crippen LogP) is 7.42. The van der Waals surface area contributed by atoms with Gasteiger partial charge in [0.1, 0.15) is 0 Å². The maximum atomic E-state index is 13.0. The van der Waals surface area contributed by atoms with E-state index in [9.17, 15) is 36.2 Å². The largest absolute Gasteiger partial charge is 0.481 e. The van der Waals surface area contributed by atoms with Gasteiger partial charge in [-0.3, -0.25) is 4.79 Å². The summed E-state index contributed by atoms with van der Waals surface area (Å²) < 4.78 is 77.6. The lowest BCUT2D eigenvalue weighted by atomic mass is 9.81. The molecule has 0 radical (unpaired) electrons. The highest BCUT2D eigenvalue weighted by Gasteiger charge is 2.32. The van der Waals surface area contributed by atoms with Crippen LogP contribution in [0.4, 0.5) is 26.3 Å². The molecule has 0 spiro atoms. The first-order chi connectivity index (χ1) is 14.7. The second kappa shape index (κ2) is 8.00. The third kappa shape index (κ3) is 4.64. The second-order valence-corrected chi connectivity index (χ2v) is 7.84. The summed E-state index contributed by atoms with van der Waals surface area (Å²) in [6.45, 7) is 2.97. The Labute approximate surface area is 180 Å². The van der Waals surface area contributed by atoms with Crippen LogP contribution < -0.4 is 0 Å². The van der Waals surface area contributed by atoms with E-state index >= 15 is 0 Å². The number of carboxylic acids is 1. The van der Waals surface area contributed by atoms with E-state index in [-0.39, 0.29) is 0 Å². The minimum Gasteiger partial charge on any atom is -0.481 e. The van der Waals surface area contributed by atoms with E-state index in [0.717, 1.165) is 24.3 Å². The number of benzene rings is 3. The molecule has 0 bridgehead atoms. The molecular formula is C24H18F6O2. The van der Waals surface area contributed by atoms with Crippen molar-refractivity contribution in [3.05, 3.63) is 83.4 Å². The fraction of sp³-hybridized carbons (Fsp3) is 0.208. The Hall–Kier alpha value is -3.29. The molecule has 168 valence electrons. The quantitative estimate of drug-likeness (QED) is 0.418. The Balaban J connectivity index is 2.18. The smallest absolute Gasteiger partial charge is 0.416 e. The summed E-state index contributed by atoms with van der Waals surface area (Å²) in [5.74, 6) is -1.10. The van der Waals surface area contributed by atoms with Crippen molar-refractivity contribution in [2.24, 2.45) is 0 Å². The number of rotatable bonds is 4. The maximum Gasteiger partial charge on any atom is 0.416 e. The molecule has 0 unspecified atom stereocenters. The van der Waals surface area contributed by atoms with Crippen LogP contribution in [0, 0.1) is 0 Å². The van der Waals surface area contributed by atoms with Gasteiger partial charge in [-0.1, -0.05) is 36.4 Å². The van der Waals surface area contributed by atoms with Gasteiger partial charge in [-0.15, -0.1) is 0 Å². The zero-order valence-corrected chi connectivity index (χ0v) is 17.0. The molecule has 0 fully saturated rings. The van der Waals surface area contributed by atoms with Gasteiger partial charge in [0.15, 0.2) is 0 Å². The molecule has 0 saturated heterocycles. The first kappa shape index (κ1) is 23.4. The van der Waals surface area contributed by atoms with Crippen LogP contribution in [0.2, 0.25) is 0 Å². The molecule has 0 aliphatic carbocycles.